The Kier molecular flexibility index (Phi) is 3.23. The Balaban J connectivity index is 2.28. The summed E-state index contributed by atoms with van der Waals surface area (Å²) in [5.74, 6) is -0.600. The first-order valence-electron chi connectivity index (χ1n) is 4.95. The van der Waals surface area contributed by atoms with Crippen LogP contribution in [0.4, 0.5) is 9.39 Å². The zero-order valence-corrected chi connectivity index (χ0v) is 10.3. The molecule has 6 heteroatoms. The molecule has 17 heavy (non-hydrogen) atoms. The highest BCUT2D eigenvalue weighted by Gasteiger charge is 2.25. The summed E-state index contributed by atoms with van der Waals surface area (Å²) in [6.45, 7) is -0.802. The fraction of sp³-hybridized carbons (Fsp3) is 0.273. The quantitative estimate of drug-likeness (QED) is 0.612. The van der Waals surface area contributed by atoms with Gasteiger partial charge in [-0.05, 0) is 18.2 Å². The maximum atomic E-state index is 12.5. The van der Waals surface area contributed by atoms with Gasteiger partial charge in [0.15, 0.2) is 0 Å². The maximum absolute atomic E-state index is 12.5. The molecule has 0 atom stereocenters. The van der Waals surface area contributed by atoms with Gasteiger partial charge in [0.2, 0.25) is 0 Å². The Morgan fingerprint density at radius 2 is 2.29 bits per heavy atom. The highest BCUT2D eigenvalue weighted by atomic mass is 32.1. The summed E-state index contributed by atoms with van der Waals surface area (Å²) >= 11 is 1.51. The van der Waals surface area contributed by atoms with Crippen molar-refractivity contribution in [2.45, 2.75) is 0 Å². The first-order valence-corrected chi connectivity index (χ1v) is 5.77. The first kappa shape index (κ1) is 11.8. The zero-order chi connectivity index (χ0) is 12.4. The van der Waals surface area contributed by atoms with Crippen LogP contribution in [-0.2, 0) is 9.63 Å². The predicted octanol–water partition coefficient (Wildman–Crippen LogP) is 2.08. The van der Waals surface area contributed by atoms with Crippen molar-refractivity contribution in [2.75, 3.05) is 25.7 Å². The van der Waals surface area contributed by atoms with Crippen LogP contribution >= 0.6 is 11.3 Å². The lowest BCUT2D eigenvalue weighted by molar-refractivity contribution is -0.136. The summed E-state index contributed by atoms with van der Waals surface area (Å²) in [6, 6.07) is 3.80. The lowest BCUT2D eigenvalue weighted by atomic mass is 10.1. The summed E-state index contributed by atoms with van der Waals surface area (Å²) in [4.78, 5) is 18.6. The molecule has 0 radical (unpaired) electrons. The molecular weight excluding hydrogens is 243 g/mol. The smallest absolute Gasteiger partial charge is 0.367 e. The number of thiophene rings is 1. The summed E-state index contributed by atoms with van der Waals surface area (Å²) in [5, 5.41) is 4.43. The number of carbonyl (C=O) groups is 1. The number of hydrogen-bond acceptors (Lipinski definition) is 5. The molecule has 0 bridgehead atoms. The van der Waals surface area contributed by atoms with Gasteiger partial charge in [-0.25, -0.2) is 9.18 Å². The largest absolute Gasteiger partial charge is 0.370 e. The van der Waals surface area contributed by atoms with Crippen molar-refractivity contribution in [1.82, 2.24) is 0 Å². The Bertz CT molecular complexity index is 505. The summed E-state index contributed by atoms with van der Waals surface area (Å²) < 4.78 is 12.5. The van der Waals surface area contributed by atoms with Gasteiger partial charge >= 0.3 is 5.97 Å². The minimum atomic E-state index is -0.802. The average molecular weight is 254 g/mol. The SMILES string of the molecule is CN(C)c1ccc(C=C2C(=O)ON=C2CF)s1. The minimum absolute atomic E-state index is 0.0507. The molecule has 2 heterocycles. The van der Waals surface area contributed by atoms with Crippen LogP contribution in [0.15, 0.2) is 22.9 Å². The van der Waals surface area contributed by atoms with Crippen LogP contribution in [0.3, 0.4) is 0 Å². The van der Waals surface area contributed by atoms with Crippen molar-refractivity contribution in [3.05, 3.63) is 22.6 Å². The van der Waals surface area contributed by atoms with Gasteiger partial charge in [-0.15, -0.1) is 11.3 Å². The van der Waals surface area contributed by atoms with Crippen LogP contribution in [-0.4, -0.2) is 32.5 Å². The number of carbonyl (C=O) groups excluding carboxylic acids is 1. The third-order valence-electron chi connectivity index (χ3n) is 2.24. The number of halogens is 1. The second-order valence-electron chi connectivity index (χ2n) is 3.68. The molecule has 90 valence electrons. The molecule has 0 amide bonds. The lowest BCUT2D eigenvalue weighted by Gasteiger charge is -2.06. The molecule has 0 spiro atoms. The highest BCUT2D eigenvalue weighted by Crippen LogP contribution is 2.27. The molecule has 0 unspecified atom stereocenters. The third kappa shape index (κ3) is 2.36. The minimum Gasteiger partial charge on any atom is -0.370 e. The molecule has 2 rings (SSSR count). The van der Waals surface area contributed by atoms with Crippen molar-refractivity contribution in [3.8, 4) is 0 Å². The third-order valence-corrected chi connectivity index (χ3v) is 3.44. The van der Waals surface area contributed by atoms with Gasteiger partial charge in [0, 0.05) is 19.0 Å². The van der Waals surface area contributed by atoms with Crippen molar-refractivity contribution >= 4 is 34.1 Å². The van der Waals surface area contributed by atoms with E-state index in [1.165, 1.54) is 11.3 Å². The molecule has 0 saturated heterocycles. The van der Waals surface area contributed by atoms with Crippen LogP contribution in [0.2, 0.25) is 0 Å². The van der Waals surface area contributed by atoms with Crippen LogP contribution < -0.4 is 4.90 Å². The fourth-order valence-corrected chi connectivity index (χ4v) is 2.23. The van der Waals surface area contributed by atoms with Gasteiger partial charge in [0.1, 0.15) is 12.4 Å². The normalized spacial score (nSPS) is 17.2. The van der Waals surface area contributed by atoms with E-state index in [0.717, 1.165) is 9.88 Å². The highest BCUT2D eigenvalue weighted by molar-refractivity contribution is 7.17. The van der Waals surface area contributed by atoms with E-state index in [2.05, 4.69) is 9.99 Å². The molecule has 0 aromatic carbocycles. The Morgan fingerprint density at radius 1 is 1.53 bits per heavy atom. The van der Waals surface area contributed by atoms with E-state index in [1.807, 2.05) is 31.1 Å². The maximum Gasteiger partial charge on any atom is 0.367 e. The molecule has 0 aliphatic carbocycles. The topological polar surface area (TPSA) is 41.9 Å². The van der Waals surface area contributed by atoms with Gasteiger partial charge in [-0.1, -0.05) is 5.16 Å². The van der Waals surface area contributed by atoms with Crippen LogP contribution in [0.1, 0.15) is 4.88 Å². The Hall–Kier alpha value is -1.69. The van der Waals surface area contributed by atoms with Gasteiger partial charge in [-0.3, -0.25) is 0 Å². The van der Waals surface area contributed by atoms with E-state index < -0.39 is 12.6 Å². The molecule has 0 saturated carbocycles. The summed E-state index contributed by atoms with van der Waals surface area (Å²) in [7, 11) is 3.86. The standard InChI is InChI=1S/C11H11FN2O2S/c1-14(2)10-4-3-7(17-10)5-8-9(6-12)13-16-11(8)15/h3-5H,6H2,1-2H3. The monoisotopic (exact) mass is 254 g/mol. The Morgan fingerprint density at radius 3 is 2.88 bits per heavy atom. The van der Waals surface area contributed by atoms with Crippen molar-refractivity contribution in [1.29, 1.82) is 0 Å². The first-order chi connectivity index (χ1) is 8.11. The van der Waals surface area contributed by atoms with Gasteiger partial charge in [-0.2, -0.15) is 0 Å². The van der Waals surface area contributed by atoms with Crippen molar-refractivity contribution in [2.24, 2.45) is 5.16 Å². The fourth-order valence-electron chi connectivity index (χ4n) is 1.35. The number of hydrogen-bond donors (Lipinski definition) is 0. The molecule has 4 nitrogen and oxygen atoms in total. The summed E-state index contributed by atoms with van der Waals surface area (Å²) in [6.07, 6.45) is 1.60. The van der Waals surface area contributed by atoms with Crippen LogP contribution in [0, 0.1) is 0 Å². The number of alkyl halides is 1. The van der Waals surface area contributed by atoms with E-state index in [4.69, 9.17) is 0 Å². The molecule has 0 fully saturated rings. The number of oxime groups is 1. The lowest BCUT2D eigenvalue weighted by Crippen LogP contribution is -2.06. The molecule has 1 aromatic rings. The second-order valence-corrected chi connectivity index (χ2v) is 4.77. The van der Waals surface area contributed by atoms with E-state index in [-0.39, 0.29) is 11.3 Å². The van der Waals surface area contributed by atoms with Crippen LogP contribution in [0.25, 0.3) is 6.08 Å². The number of anilines is 1. The van der Waals surface area contributed by atoms with Crippen molar-refractivity contribution in [3.63, 3.8) is 0 Å². The molecule has 0 N–H and O–H groups in total. The molecule has 1 aromatic heterocycles. The molecule has 1 aliphatic heterocycles. The van der Waals surface area contributed by atoms with Gasteiger partial charge in [0.05, 0.1) is 10.6 Å². The molecular formula is C11H11FN2O2S. The second kappa shape index (κ2) is 4.67. The van der Waals surface area contributed by atoms with E-state index in [0.29, 0.717) is 0 Å². The van der Waals surface area contributed by atoms with Gasteiger partial charge < -0.3 is 9.74 Å². The average Bonchev–Trinajstić information content (AvgIpc) is 2.88. The van der Waals surface area contributed by atoms with E-state index in [1.54, 1.807) is 6.08 Å². The number of rotatable bonds is 3. The molecule has 1 aliphatic rings. The predicted molar refractivity (Wildman–Crippen MR) is 66.1 cm³/mol. The Labute approximate surface area is 102 Å². The summed E-state index contributed by atoms with van der Waals surface area (Å²) in [5.41, 5.74) is 0.245. The van der Waals surface area contributed by atoms with Crippen molar-refractivity contribution < 1.29 is 14.0 Å². The van der Waals surface area contributed by atoms with Gasteiger partial charge in [0.25, 0.3) is 0 Å². The van der Waals surface area contributed by atoms with E-state index in [9.17, 15) is 9.18 Å². The zero-order valence-electron chi connectivity index (χ0n) is 9.44. The van der Waals surface area contributed by atoms with Crippen LogP contribution in [0.5, 0.6) is 0 Å². The van der Waals surface area contributed by atoms with E-state index >= 15 is 0 Å². The number of nitrogens with zero attached hydrogens (tertiary/aromatic N) is 2.